The Balaban J connectivity index is 2.04. The van der Waals surface area contributed by atoms with E-state index in [0.717, 1.165) is 5.69 Å². The number of nitrogens with zero attached hydrogens (tertiary/aromatic N) is 2. The van der Waals surface area contributed by atoms with Crippen molar-refractivity contribution in [1.82, 2.24) is 4.98 Å². The normalized spacial score (nSPS) is 9.68. The van der Waals surface area contributed by atoms with Crippen molar-refractivity contribution < 1.29 is 9.84 Å². The van der Waals surface area contributed by atoms with Crippen LogP contribution in [0.2, 0.25) is 0 Å². The van der Waals surface area contributed by atoms with E-state index in [-0.39, 0.29) is 13.2 Å². The summed E-state index contributed by atoms with van der Waals surface area (Å²) >= 11 is 0. The molecule has 1 heterocycles. The molecule has 1 aromatic heterocycles. The fraction of sp³-hybridized carbons (Fsp3) is 0.143. The molecule has 0 aliphatic carbocycles. The standard InChI is InChI=1S/C14H13N3O2/c15-10-12-2-1-3-14(17-12)16-11-4-6-13(7-5-11)19-9-8-18/h1-7,18H,8-9H2,(H,16,17). The van der Waals surface area contributed by atoms with E-state index >= 15 is 0 Å². The predicted octanol–water partition coefficient (Wildman–Crippen LogP) is 2.07. The first kappa shape index (κ1) is 12.9. The summed E-state index contributed by atoms with van der Waals surface area (Å²) in [6, 6.07) is 14.5. The van der Waals surface area contributed by atoms with E-state index in [4.69, 9.17) is 15.1 Å². The molecule has 19 heavy (non-hydrogen) atoms. The zero-order chi connectivity index (χ0) is 13.5. The van der Waals surface area contributed by atoms with Crippen LogP contribution in [0.4, 0.5) is 11.5 Å². The third-order valence-electron chi connectivity index (χ3n) is 2.35. The molecule has 1 aromatic carbocycles. The van der Waals surface area contributed by atoms with Gasteiger partial charge in [-0.25, -0.2) is 4.98 Å². The number of benzene rings is 1. The highest BCUT2D eigenvalue weighted by atomic mass is 16.5. The van der Waals surface area contributed by atoms with Crippen molar-refractivity contribution >= 4 is 11.5 Å². The third kappa shape index (κ3) is 3.69. The molecule has 0 unspecified atom stereocenters. The van der Waals surface area contributed by atoms with Gasteiger partial charge in [0, 0.05) is 5.69 Å². The molecule has 2 rings (SSSR count). The van der Waals surface area contributed by atoms with Gasteiger partial charge in [-0.3, -0.25) is 0 Å². The summed E-state index contributed by atoms with van der Waals surface area (Å²) in [4.78, 5) is 4.12. The van der Waals surface area contributed by atoms with Gasteiger partial charge in [-0.05, 0) is 36.4 Å². The van der Waals surface area contributed by atoms with Crippen LogP contribution in [0.1, 0.15) is 5.69 Å². The Kier molecular flexibility index (Phi) is 4.32. The number of nitriles is 1. The number of nitrogens with one attached hydrogen (secondary N) is 1. The molecule has 0 saturated carbocycles. The van der Waals surface area contributed by atoms with Crippen LogP contribution in [0.5, 0.6) is 5.75 Å². The Morgan fingerprint density at radius 2 is 2.00 bits per heavy atom. The van der Waals surface area contributed by atoms with Crippen LogP contribution >= 0.6 is 0 Å². The van der Waals surface area contributed by atoms with E-state index < -0.39 is 0 Å². The van der Waals surface area contributed by atoms with Gasteiger partial charge in [0.2, 0.25) is 0 Å². The second-order valence-corrected chi connectivity index (χ2v) is 3.74. The average Bonchev–Trinajstić information content (AvgIpc) is 2.47. The molecule has 0 atom stereocenters. The van der Waals surface area contributed by atoms with Gasteiger partial charge < -0.3 is 15.2 Å². The van der Waals surface area contributed by atoms with Gasteiger partial charge in [-0.1, -0.05) is 6.07 Å². The van der Waals surface area contributed by atoms with Crippen LogP contribution in [-0.4, -0.2) is 23.3 Å². The van der Waals surface area contributed by atoms with Crippen LogP contribution in [-0.2, 0) is 0 Å². The van der Waals surface area contributed by atoms with Crippen molar-refractivity contribution in [3.63, 3.8) is 0 Å². The van der Waals surface area contributed by atoms with Crippen molar-refractivity contribution in [2.45, 2.75) is 0 Å². The van der Waals surface area contributed by atoms with Crippen LogP contribution in [0.15, 0.2) is 42.5 Å². The maximum absolute atomic E-state index is 8.77. The van der Waals surface area contributed by atoms with Gasteiger partial charge in [-0.15, -0.1) is 0 Å². The number of aliphatic hydroxyl groups is 1. The van der Waals surface area contributed by atoms with E-state index in [1.165, 1.54) is 0 Å². The summed E-state index contributed by atoms with van der Waals surface area (Å²) in [5.41, 5.74) is 1.21. The molecule has 0 fully saturated rings. The summed E-state index contributed by atoms with van der Waals surface area (Å²) in [7, 11) is 0. The van der Waals surface area contributed by atoms with Crippen LogP contribution in [0.25, 0.3) is 0 Å². The highest BCUT2D eigenvalue weighted by Crippen LogP contribution is 2.19. The molecule has 0 saturated heterocycles. The highest BCUT2D eigenvalue weighted by molar-refractivity contribution is 5.57. The summed E-state index contributed by atoms with van der Waals surface area (Å²) in [5.74, 6) is 1.31. The Morgan fingerprint density at radius 1 is 1.21 bits per heavy atom. The molecule has 5 nitrogen and oxygen atoms in total. The van der Waals surface area contributed by atoms with Crippen LogP contribution in [0.3, 0.4) is 0 Å². The monoisotopic (exact) mass is 255 g/mol. The third-order valence-corrected chi connectivity index (χ3v) is 2.35. The number of aliphatic hydroxyl groups excluding tert-OH is 1. The minimum Gasteiger partial charge on any atom is -0.491 e. The topological polar surface area (TPSA) is 78.2 Å². The molecule has 0 spiro atoms. The number of rotatable bonds is 5. The molecule has 96 valence electrons. The molecular formula is C14H13N3O2. The predicted molar refractivity (Wildman–Crippen MR) is 71.3 cm³/mol. The zero-order valence-corrected chi connectivity index (χ0v) is 10.2. The maximum Gasteiger partial charge on any atom is 0.142 e. The number of pyridine rings is 1. The van der Waals surface area contributed by atoms with Gasteiger partial charge in [0.25, 0.3) is 0 Å². The maximum atomic E-state index is 8.77. The Labute approximate surface area is 111 Å². The summed E-state index contributed by atoms with van der Waals surface area (Å²) in [6.07, 6.45) is 0. The lowest BCUT2D eigenvalue weighted by atomic mass is 10.3. The van der Waals surface area contributed by atoms with Gasteiger partial charge in [0.15, 0.2) is 0 Å². The molecular weight excluding hydrogens is 242 g/mol. The summed E-state index contributed by atoms with van der Waals surface area (Å²) in [5, 5.41) is 20.5. The average molecular weight is 255 g/mol. The van der Waals surface area contributed by atoms with Crippen molar-refractivity contribution in [3.8, 4) is 11.8 Å². The van der Waals surface area contributed by atoms with Crippen molar-refractivity contribution in [2.24, 2.45) is 0 Å². The fourth-order valence-corrected chi connectivity index (χ4v) is 1.51. The van der Waals surface area contributed by atoms with E-state index in [1.807, 2.05) is 18.2 Å². The quantitative estimate of drug-likeness (QED) is 0.855. The molecule has 0 bridgehead atoms. The van der Waals surface area contributed by atoms with E-state index in [9.17, 15) is 0 Å². The second kappa shape index (κ2) is 6.38. The summed E-state index contributed by atoms with van der Waals surface area (Å²) in [6.45, 7) is 0.267. The molecule has 0 radical (unpaired) electrons. The lowest BCUT2D eigenvalue weighted by molar-refractivity contribution is 0.201. The first-order valence-corrected chi connectivity index (χ1v) is 5.80. The largest absolute Gasteiger partial charge is 0.491 e. The van der Waals surface area contributed by atoms with Crippen LogP contribution in [0, 0.1) is 11.3 Å². The van der Waals surface area contributed by atoms with Crippen LogP contribution < -0.4 is 10.1 Å². The lowest BCUT2D eigenvalue weighted by Crippen LogP contribution is -2.01. The minimum atomic E-state index is -0.00905. The SMILES string of the molecule is N#Cc1cccc(Nc2ccc(OCCO)cc2)n1. The van der Waals surface area contributed by atoms with Crippen molar-refractivity contribution in [1.29, 1.82) is 5.26 Å². The van der Waals surface area contributed by atoms with Crippen molar-refractivity contribution in [2.75, 3.05) is 18.5 Å². The minimum absolute atomic E-state index is 0.00905. The first-order valence-electron chi connectivity index (χ1n) is 5.80. The molecule has 0 aliphatic heterocycles. The van der Waals surface area contributed by atoms with Gasteiger partial charge in [0.1, 0.15) is 29.9 Å². The number of aromatic nitrogens is 1. The van der Waals surface area contributed by atoms with Gasteiger partial charge in [0.05, 0.1) is 6.61 Å². The Bertz CT molecular complexity index is 576. The molecule has 0 aliphatic rings. The first-order chi connectivity index (χ1) is 9.31. The molecule has 0 amide bonds. The number of hydrogen-bond donors (Lipinski definition) is 2. The Hall–Kier alpha value is -2.58. The van der Waals surface area contributed by atoms with E-state index in [2.05, 4.69) is 10.3 Å². The van der Waals surface area contributed by atoms with Gasteiger partial charge >= 0.3 is 0 Å². The number of ether oxygens (including phenoxy) is 1. The lowest BCUT2D eigenvalue weighted by Gasteiger charge is -2.07. The van der Waals surface area contributed by atoms with Gasteiger partial charge in [-0.2, -0.15) is 5.26 Å². The Morgan fingerprint density at radius 3 is 2.68 bits per heavy atom. The van der Waals surface area contributed by atoms with Crippen molar-refractivity contribution in [3.05, 3.63) is 48.2 Å². The zero-order valence-electron chi connectivity index (χ0n) is 10.2. The second-order valence-electron chi connectivity index (χ2n) is 3.74. The highest BCUT2D eigenvalue weighted by Gasteiger charge is 1.99. The molecule has 2 aromatic rings. The molecule has 5 heteroatoms. The van der Waals surface area contributed by atoms with E-state index in [0.29, 0.717) is 17.3 Å². The van der Waals surface area contributed by atoms with E-state index in [1.54, 1.807) is 30.3 Å². The molecule has 2 N–H and O–H groups in total. The smallest absolute Gasteiger partial charge is 0.142 e. The number of hydrogen-bond acceptors (Lipinski definition) is 5. The fourth-order valence-electron chi connectivity index (χ4n) is 1.51. The number of anilines is 2. The summed E-state index contributed by atoms with van der Waals surface area (Å²) < 4.78 is 5.26.